The molecule has 0 saturated carbocycles. The molecule has 1 amide bonds. The third-order valence-corrected chi connectivity index (χ3v) is 4.32. The van der Waals surface area contributed by atoms with Gasteiger partial charge < -0.3 is 14.5 Å². The molecule has 0 aliphatic carbocycles. The molecule has 28 heavy (non-hydrogen) atoms. The van der Waals surface area contributed by atoms with Crippen molar-refractivity contribution < 1.29 is 13.9 Å². The number of amides is 1. The van der Waals surface area contributed by atoms with Gasteiger partial charge in [-0.15, -0.1) is 0 Å². The van der Waals surface area contributed by atoms with Gasteiger partial charge in [-0.05, 0) is 56.3 Å². The lowest BCUT2D eigenvalue weighted by atomic mass is 10.1. The molecule has 0 radical (unpaired) electrons. The molecule has 5 nitrogen and oxygen atoms in total. The molecule has 0 fully saturated rings. The molecule has 0 spiro atoms. The normalized spacial score (nSPS) is 11.4. The lowest BCUT2D eigenvalue weighted by molar-refractivity contribution is -0.128. The Morgan fingerprint density at radius 3 is 2.50 bits per heavy atom. The number of aromatic nitrogens is 1. The molecule has 0 unspecified atom stereocenters. The average Bonchev–Trinajstić information content (AvgIpc) is 3.13. The van der Waals surface area contributed by atoms with Gasteiger partial charge in [0.1, 0.15) is 11.3 Å². The highest BCUT2D eigenvalue weighted by Gasteiger charge is 2.30. The smallest absolute Gasteiger partial charge is 0.267 e. The van der Waals surface area contributed by atoms with Crippen LogP contribution in [0.5, 0.6) is 5.75 Å². The van der Waals surface area contributed by atoms with Crippen molar-refractivity contribution in [1.82, 2.24) is 4.98 Å². The number of oxazole rings is 1. The molecule has 4 rings (SSSR count). The van der Waals surface area contributed by atoms with Gasteiger partial charge in [-0.3, -0.25) is 4.79 Å². The van der Waals surface area contributed by atoms with Crippen LogP contribution in [0, 0.1) is 0 Å². The van der Waals surface area contributed by atoms with E-state index < -0.39 is 5.60 Å². The van der Waals surface area contributed by atoms with E-state index in [4.69, 9.17) is 9.15 Å². The van der Waals surface area contributed by atoms with Gasteiger partial charge in [-0.1, -0.05) is 36.4 Å². The number of nitrogens with one attached hydrogen (secondary N) is 1. The molecule has 140 valence electrons. The Hall–Kier alpha value is -3.60. The van der Waals surface area contributed by atoms with Crippen molar-refractivity contribution in [2.45, 2.75) is 19.4 Å². The first-order valence-electron chi connectivity index (χ1n) is 9.03. The fourth-order valence-corrected chi connectivity index (χ4v) is 2.84. The maximum Gasteiger partial charge on any atom is 0.267 e. The zero-order chi connectivity index (χ0) is 19.6. The second-order valence-electron chi connectivity index (χ2n) is 6.95. The summed E-state index contributed by atoms with van der Waals surface area (Å²) in [6.45, 7) is 3.47. The Kier molecular flexibility index (Phi) is 4.57. The monoisotopic (exact) mass is 372 g/mol. The number of fused-ring (bicyclic) bond motifs is 1. The van der Waals surface area contributed by atoms with E-state index in [0.29, 0.717) is 17.3 Å². The van der Waals surface area contributed by atoms with Crippen LogP contribution in [-0.4, -0.2) is 16.5 Å². The van der Waals surface area contributed by atoms with Crippen molar-refractivity contribution in [2.75, 3.05) is 5.32 Å². The predicted molar refractivity (Wildman–Crippen MR) is 109 cm³/mol. The van der Waals surface area contributed by atoms with Crippen LogP contribution < -0.4 is 10.1 Å². The van der Waals surface area contributed by atoms with Crippen LogP contribution in [-0.2, 0) is 4.79 Å². The number of hydrogen-bond acceptors (Lipinski definition) is 4. The molecule has 0 aliphatic heterocycles. The number of benzene rings is 3. The Bertz CT molecular complexity index is 1080. The summed E-state index contributed by atoms with van der Waals surface area (Å²) in [6, 6.07) is 24.3. The van der Waals surface area contributed by atoms with Gasteiger partial charge in [0.15, 0.2) is 11.2 Å². The van der Waals surface area contributed by atoms with Crippen molar-refractivity contribution in [3.05, 3.63) is 78.9 Å². The molecule has 0 atom stereocenters. The number of hydrogen-bond donors (Lipinski definition) is 1. The van der Waals surface area contributed by atoms with Crippen LogP contribution in [0.4, 0.5) is 5.69 Å². The number of anilines is 1. The molecule has 3 aromatic carbocycles. The Labute approximate surface area is 163 Å². The lowest BCUT2D eigenvalue weighted by Crippen LogP contribution is -2.42. The highest BCUT2D eigenvalue weighted by atomic mass is 16.5. The van der Waals surface area contributed by atoms with Gasteiger partial charge in [0, 0.05) is 11.3 Å². The summed E-state index contributed by atoms with van der Waals surface area (Å²) >= 11 is 0. The largest absolute Gasteiger partial charge is 0.478 e. The van der Waals surface area contributed by atoms with E-state index in [-0.39, 0.29) is 5.91 Å². The molecule has 1 aromatic heterocycles. The van der Waals surface area contributed by atoms with Crippen LogP contribution in [0.1, 0.15) is 13.8 Å². The summed E-state index contributed by atoms with van der Waals surface area (Å²) < 4.78 is 11.7. The molecule has 1 heterocycles. The molecule has 0 saturated heterocycles. The van der Waals surface area contributed by atoms with E-state index in [1.54, 1.807) is 13.8 Å². The number of nitrogens with zero attached hydrogens (tertiary/aromatic N) is 1. The number of carbonyl (C=O) groups excluding carboxylic acids is 1. The van der Waals surface area contributed by atoms with Crippen molar-refractivity contribution in [3.63, 3.8) is 0 Å². The van der Waals surface area contributed by atoms with Crippen molar-refractivity contribution in [1.29, 1.82) is 0 Å². The van der Waals surface area contributed by atoms with Crippen LogP contribution in [0.3, 0.4) is 0 Å². The maximum atomic E-state index is 12.8. The predicted octanol–water partition coefficient (Wildman–Crippen LogP) is 5.29. The average molecular weight is 372 g/mol. The van der Waals surface area contributed by atoms with Gasteiger partial charge in [0.2, 0.25) is 5.89 Å². The van der Waals surface area contributed by atoms with Crippen molar-refractivity contribution in [3.8, 4) is 17.2 Å². The molecule has 1 N–H and O–H groups in total. The first kappa shape index (κ1) is 17.8. The Balaban J connectivity index is 1.53. The molecule has 0 aliphatic rings. The van der Waals surface area contributed by atoms with Crippen LogP contribution >= 0.6 is 0 Å². The van der Waals surface area contributed by atoms with Gasteiger partial charge in [0.25, 0.3) is 5.91 Å². The van der Waals surface area contributed by atoms with Crippen molar-refractivity contribution in [2.24, 2.45) is 0 Å². The minimum Gasteiger partial charge on any atom is -0.478 e. The highest BCUT2D eigenvalue weighted by molar-refractivity contribution is 5.97. The molecule has 0 bridgehead atoms. The third kappa shape index (κ3) is 3.74. The van der Waals surface area contributed by atoms with E-state index in [9.17, 15) is 4.79 Å². The first-order valence-corrected chi connectivity index (χ1v) is 9.03. The zero-order valence-electron chi connectivity index (χ0n) is 15.7. The first-order chi connectivity index (χ1) is 13.5. The second-order valence-corrected chi connectivity index (χ2v) is 6.95. The Morgan fingerprint density at radius 2 is 1.71 bits per heavy atom. The standard InChI is InChI=1S/C23H20N2O3/c1-23(2,28-18-11-4-3-5-12-18)22(26)24-17-10-8-9-16(15-17)21-25-19-13-6-7-14-20(19)27-21/h3-15H,1-2H3,(H,24,26). The van der Waals surface area contributed by atoms with Gasteiger partial charge in [-0.25, -0.2) is 4.98 Å². The van der Waals surface area contributed by atoms with E-state index in [1.165, 1.54) is 0 Å². The van der Waals surface area contributed by atoms with Gasteiger partial charge in [0.05, 0.1) is 0 Å². The number of rotatable bonds is 5. The maximum absolute atomic E-state index is 12.8. The van der Waals surface area contributed by atoms with E-state index in [0.717, 1.165) is 16.7 Å². The quantitative estimate of drug-likeness (QED) is 0.517. The minimum absolute atomic E-state index is 0.244. The molecule has 4 aromatic rings. The van der Waals surface area contributed by atoms with E-state index >= 15 is 0 Å². The molecular formula is C23H20N2O3. The number of carbonyl (C=O) groups is 1. The lowest BCUT2D eigenvalue weighted by Gasteiger charge is -2.25. The topological polar surface area (TPSA) is 64.4 Å². The SMILES string of the molecule is CC(C)(Oc1ccccc1)C(=O)Nc1cccc(-c2nc3ccccc3o2)c1. The summed E-state index contributed by atoms with van der Waals surface area (Å²) in [4.78, 5) is 17.3. The summed E-state index contributed by atoms with van der Waals surface area (Å²) in [5.41, 5.74) is 1.92. The minimum atomic E-state index is -1.03. The van der Waals surface area contributed by atoms with Crippen molar-refractivity contribution >= 4 is 22.7 Å². The molecule has 5 heteroatoms. The van der Waals surface area contributed by atoms with Crippen LogP contribution in [0.15, 0.2) is 83.3 Å². The van der Waals surface area contributed by atoms with Crippen LogP contribution in [0.2, 0.25) is 0 Å². The fourth-order valence-electron chi connectivity index (χ4n) is 2.84. The number of ether oxygens (including phenoxy) is 1. The molecular weight excluding hydrogens is 352 g/mol. The van der Waals surface area contributed by atoms with E-state index in [2.05, 4.69) is 10.3 Å². The summed E-state index contributed by atoms with van der Waals surface area (Å²) in [5.74, 6) is 0.908. The van der Waals surface area contributed by atoms with E-state index in [1.807, 2.05) is 78.9 Å². The van der Waals surface area contributed by atoms with Crippen LogP contribution in [0.25, 0.3) is 22.6 Å². The second kappa shape index (κ2) is 7.19. The zero-order valence-corrected chi connectivity index (χ0v) is 15.7. The highest BCUT2D eigenvalue weighted by Crippen LogP contribution is 2.27. The summed E-state index contributed by atoms with van der Waals surface area (Å²) in [6.07, 6.45) is 0. The van der Waals surface area contributed by atoms with Gasteiger partial charge in [-0.2, -0.15) is 0 Å². The summed E-state index contributed by atoms with van der Waals surface area (Å²) in [5, 5.41) is 2.91. The van der Waals surface area contributed by atoms with Gasteiger partial charge >= 0.3 is 0 Å². The number of para-hydroxylation sites is 3. The summed E-state index contributed by atoms with van der Waals surface area (Å²) in [7, 11) is 0. The Morgan fingerprint density at radius 1 is 0.964 bits per heavy atom. The fraction of sp³-hybridized carbons (Fsp3) is 0.130. The third-order valence-electron chi connectivity index (χ3n) is 4.32.